The molecule has 0 unspecified atom stereocenters. The molecule has 2 aromatic rings. The lowest BCUT2D eigenvalue weighted by molar-refractivity contribution is -0.118. The third-order valence-corrected chi connectivity index (χ3v) is 5.48. The first-order chi connectivity index (χ1) is 12.6. The average Bonchev–Trinajstić information content (AvgIpc) is 2.91. The minimum Gasteiger partial charge on any atom is -0.325 e. The first kappa shape index (κ1) is 18.6. The highest BCUT2D eigenvalue weighted by atomic mass is 16.2. The maximum atomic E-state index is 12.5. The van der Waals surface area contributed by atoms with E-state index in [9.17, 15) is 4.79 Å². The molecule has 0 saturated heterocycles. The Morgan fingerprint density at radius 3 is 2.19 bits per heavy atom. The predicted molar refractivity (Wildman–Crippen MR) is 107 cm³/mol. The van der Waals surface area contributed by atoms with Crippen molar-refractivity contribution in [3.05, 3.63) is 47.8 Å². The van der Waals surface area contributed by atoms with Crippen molar-refractivity contribution in [3.63, 3.8) is 0 Å². The molecule has 3 rings (SSSR count). The lowest BCUT2D eigenvalue weighted by Crippen LogP contribution is -2.41. The Hall–Kier alpha value is -2.20. The van der Waals surface area contributed by atoms with Gasteiger partial charge < -0.3 is 11.1 Å². The monoisotopic (exact) mass is 351 g/mol. The number of hydrogen-bond donors (Lipinski definition) is 2. The lowest BCUT2D eigenvalue weighted by Gasteiger charge is -2.21. The van der Waals surface area contributed by atoms with Crippen LogP contribution in [0.3, 0.4) is 0 Å². The standard InChI is InChI=1S/C22H29N3O/c1-15-13-24-14-16(2)20(15)17-9-11-19(12-10-17)25-22(26)21(23)18-7-5-3-4-6-8-18/h9-14,18,21H,3-8,23H2,1-2H3,(H,25,26)/t21-/m0/s1. The SMILES string of the molecule is Cc1cncc(C)c1-c1ccc(NC(=O)[C@@H](N)C2CCCCCC2)cc1. The van der Waals surface area contributed by atoms with Gasteiger partial charge in [0, 0.05) is 18.1 Å². The molecule has 1 heterocycles. The van der Waals surface area contributed by atoms with E-state index in [1.807, 2.05) is 36.7 Å². The summed E-state index contributed by atoms with van der Waals surface area (Å²) in [5.74, 6) is 0.236. The van der Waals surface area contributed by atoms with Crippen LogP contribution in [0.15, 0.2) is 36.7 Å². The molecule has 1 saturated carbocycles. The van der Waals surface area contributed by atoms with Crippen LogP contribution in [-0.4, -0.2) is 16.9 Å². The number of amides is 1. The summed E-state index contributed by atoms with van der Waals surface area (Å²) < 4.78 is 0. The second-order valence-corrected chi connectivity index (χ2v) is 7.49. The molecule has 0 bridgehead atoms. The fourth-order valence-electron chi connectivity index (χ4n) is 3.99. The molecule has 1 aliphatic rings. The molecule has 26 heavy (non-hydrogen) atoms. The number of hydrogen-bond acceptors (Lipinski definition) is 3. The number of nitrogens with zero attached hydrogens (tertiary/aromatic N) is 1. The van der Waals surface area contributed by atoms with Crippen molar-refractivity contribution >= 4 is 11.6 Å². The summed E-state index contributed by atoms with van der Waals surface area (Å²) in [5, 5.41) is 2.99. The third kappa shape index (κ3) is 4.31. The average molecular weight is 351 g/mol. The highest BCUT2D eigenvalue weighted by Gasteiger charge is 2.25. The Morgan fingerprint density at radius 2 is 1.62 bits per heavy atom. The number of nitrogens with one attached hydrogen (secondary N) is 1. The van der Waals surface area contributed by atoms with Gasteiger partial charge >= 0.3 is 0 Å². The van der Waals surface area contributed by atoms with Crippen LogP contribution in [0, 0.1) is 19.8 Å². The molecule has 0 radical (unpaired) electrons. The van der Waals surface area contributed by atoms with Gasteiger partial charge in [-0.05, 0) is 67.0 Å². The summed E-state index contributed by atoms with van der Waals surface area (Å²) in [7, 11) is 0. The number of pyridine rings is 1. The summed E-state index contributed by atoms with van der Waals surface area (Å²) in [6.45, 7) is 4.13. The first-order valence-corrected chi connectivity index (χ1v) is 9.64. The van der Waals surface area contributed by atoms with Crippen LogP contribution in [0.2, 0.25) is 0 Å². The summed E-state index contributed by atoms with van der Waals surface area (Å²) in [4.78, 5) is 16.8. The molecule has 4 heteroatoms. The van der Waals surface area contributed by atoms with Crippen LogP contribution in [0.5, 0.6) is 0 Å². The number of carbonyl (C=O) groups excluding carboxylic acids is 1. The van der Waals surface area contributed by atoms with Crippen LogP contribution in [0.4, 0.5) is 5.69 Å². The van der Waals surface area contributed by atoms with Crippen molar-refractivity contribution in [3.8, 4) is 11.1 Å². The Balaban J connectivity index is 1.68. The zero-order valence-electron chi connectivity index (χ0n) is 15.8. The number of carbonyl (C=O) groups is 1. The third-order valence-electron chi connectivity index (χ3n) is 5.48. The van der Waals surface area contributed by atoms with E-state index in [2.05, 4.69) is 24.1 Å². The number of anilines is 1. The largest absolute Gasteiger partial charge is 0.325 e. The van der Waals surface area contributed by atoms with E-state index in [0.29, 0.717) is 5.92 Å². The van der Waals surface area contributed by atoms with Gasteiger partial charge in [0.05, 0.1) is 6.04 Å². The lowest BCUT2D eigenvalue weighted by atomic mass is 9.92. The summed E-state index contributed by atoms with van der Waals surface area (Å²) in [6, 6.07) is 7.57. The van der Waals surface area contributed by atoms with Crippen LogP contribution in [0.1, 0.15) is 49.7 Å². The summed E-state index contributed by atoms with van der Waals surface area (Å²) >= 11 is 0. The molecular formula is C22H29N3O. The number of benzene rings is 1. The van der Waals surface area contributed by atoms with E-state index < -0.39 is 6.04 Å². The van der Waals surface area contributed by atoms with Gasteiger partial charge in [0.15, 0.2) is 0 Å². The molecule has 0 spiro atoms. The molecule has 138 valence electrons. The molecule has 0 aliphatic heterocycles. The Labute approximate surface area is 156 Å². The zero-order valence-corrected chi connectivity index (χ0v) is 15.8. The Bertz CT molecular complexity index is 726. The van der Waals surface area contributed by atoms with Gasteiger partial charge in [-0.1, -0.05) is 37.8 Å². The number of aryl methyl sites for hydroxylation is 2. The van der Waals surface area contributed by atoms with Gasteiger partial charge in [-0.2, -0.15) is 0 Å². The van der Waals surface area contributed by atoms with E-state index in [0.717, 1.165) is 35.2 Å². The number of aromatic nitrogens is 1. The van der Waals surface area contributed by atoms with Crippen molar-refractivity contribution in [2.24, 2.45) is 11.7 Å². The normalized spacial score (nSPS) is 16.7. The molecule has 1 aliphatic carbocycles. The van der Waals surface area contributed by atoms with Crippen LogP contribution < -0.4 is 11.1 Å². The van der Waals surface area contributed by atoms with Crippen LogP contribution >= 0.6 is 0 Å². The molecular weight excluding hydrogens is 322 g/mol. The zero-order chi connectivity index (χ0) is 18.5. The van der Waals surface area contributed by atoms with Crippen molar-refractivity contribution in [2.75, 3.05) is 5.32 Å². The first-order valence-electron chi connectivity index (χ1n) is 9.64. The molecule has 3 N–H and O–H groups in total. The van der Waals surface area contributed by atoms with Crippen molar-refractivity contribution < 1.29 is 4.79 Å². The smallest absolute Gasteiger partial charge is 0.241 e. The number of nitrogens with two attached hydrogens (primary N) is 1. The van der Waals surface area contributed by atoms with Gasteiger partial charge in [0.1, 0.15) is 0 Å². The van der Waals surface area contributed by atoms with Crippen molar-refractivity contribution in [1.82, 2.24) is 4.98 Å². The van der Waals surface area contributed by atoms with Gasteiger partial charge in [-0.3, -0.25) is 9.78 Å². The van der Waals surface area contributed by atoms with Crippen molar-refractivity contribution in [2.45, 2.75) is 58.4 Å². The second-order valence-electron chi connectivity index (χ2n) is 7.49. The van der Waals surface area contributed by atoms with Gasteiger partial charge in [0.25, 0.3) is 0 Å². The van der Waals surface area contributed by atoms with Gasteiger partial charge in [-0.25, -0.2) is 0 Å². The minimum absolute atomic E-state index is 0.0686. The van der Waals surface area contributed by atoms with E-state index in [-0.39, 0.29) is 5.91 Å². The molecule has 1 aromatic heterocycles. The highest BCUT2D eigenvalue weighted by molar-refractivity contribution is 5.95. The molecule has 1 amide bonds. The van der Waals surface area contributed by atoms with Gasteiger partial charge in [0.2, 0.25) is 5.91 Å². The number of rotatable bonds is 4. The Morgan fingerprint density at radius 1 is 1.04 bits per heavy atom. The predicted octanol–water partition coefficient (Wildman–Crippen LogP) is 4.60. The second kappa shape index (κ2) is 8.45. The highest BCUT2D eigenvalue weighted by Crippen LogP contribution is 2.28. The quantitative estimate of drug-likeness (QED) is 0.791. The molecule has 4 nitrogen and oxygen atoms in total. The summed E-state index contributed by atoms with van der Waals surface area (Å²) in [5.41, 5.74) is 11.7. The van der Waals surface area contributed by atoms with Crippen molar-refractivity contribution in [1.29, 1.82) is 0 Å². The maximum Gasteiger partial charge on any atom is 0.241 e. The summed E-state index contributed by atoms with van der Waals surface area (Å²) in [6.07, 6.45) is 10.8. The fourth-order valence-corrected chi connectivity index (χ4v) is 3.99. The minimum atomic E-state index is -0.419. The van der Waals surface area contributed by atoms with E-state index in [1.165, 1.54) is 31.2 Å². The molecule has 1 fully saturated rings. The van der Waals surface area contributed by atoms with Crippen LogP contribution in [-0.2, 0) is 4.79 Å². The fraction of sp³-hybridized carbons (Fsp3) is 0.455. The van der Waals surface area contributed by atoms with E-state index in [4.69, 9.17) is 5.73 Å². The van der Waals surface area contributed by atoms with E-state index in [1.54, 1.807) is 0 Å². The molecule has 1 aromatic carbocycles. The maximum absolute atomic E-state index is 12.5. The Kier molecular flexibility index (Phi) is 6.04. The van der Waals surface area contributed by atoms with Gasteiger partial charge in [-0.15, -0.1) is 0 Å². The molecule has 1 atom stereocenters. The topological polar surface area (TPSA) is 68.0 Å². The van der Waals surface area contributed by atoms with E-state index >= 15 is 0 Å². The van der Waals surface area contributed by atoms with Crippen LogP contribution in [0.25, 0.3) is 11.1 Å².